The highest BCUT2D eigenvalue weighted by molar-refractivity contribution is 5.89. The fraction of sp³-hybridized carbons (Fsp3) is 0.476. The fourth-order valence-corrected chi connectivity index (χ4v) is 3.50. The molecule has 6 heteroatoms. The van der Waals surface area contributed by atoms with E-state index in [0.29, 0.717) is 26.1 Å². The van der Waals surface area contributed by atoms with Crippen LogP contribution in [0.1, 0.15) is 35.4 Å². The number of likely N-dealkylation sites (tertiary alicyclic amines) is 1. The average molecular weight is 368 g/mol. The molecule has 1 aromatic carbocycles. The molecule has 1 aliphatic heterocycles. The Bertz CT molecular complexity index is 810. The number of nitrogens with one attached hydrogen (secondary N) is 1. The van der Waals surface area contributed by atoms with Gasteiger partial charge in [0.2, 0.25) is 11.8 Å². The first-order chi connectivity index (χ1) is 12.9. The van der Waals surface area contributed by atoms with Gasteiger partial charge in [0, 0.05) is 38.3 Å². The van der Waals surface area contributed by atoms with Gasteiger partial charge in [-0.3, -0.25) is 14.3 Å². The quantitative estimate of drug-likeness (QED) is 0.763. The molecule has 144 valence electrons. The zero-order valence-corrected chi connectivity index (χ0v) is 16.4. The lowest BCUT2D eigenvalue weighted by Gasteiger charge is -2.17. The van der Waals surface area contributed by atoms with E-state index in [0.717, 1.165) is 29.9 Å². The van der Waals surface area contributed by atoms with Gasteiger partial charge in [0.15, 0.2) is 0 Å². The predicted molar refractivity (Wildman–Crippen MR) is 104 cm³/mol. The summed E-state index contributed by atoms with van der Waals surface area (Å²) in [6.07, 6.45) is 1.12. The van der Waals surface area contributed by atoms with Crippen molar-refractivity contribution in [2.75, 3.05) is 13.1 Å². The van der Waals surface area contributed by atoms with Crippen molar-refractivity contribution in [1.29, 1.82) is 0 Å². The Morgan fingerprint density at radius 1 is 1.22 bits per heavy atom. The van der Waals surface area contributed by atoms with Crippen molar-refractivity contribution in [1.82, 2.24) is 20.0 Å². The van der Waals surface area contributed by atoms with Gasteiger partial charge in [-0.05, 0) is 38.8 Å². The molecule has 3 rings (SSSR count). The van der Waals surface area contributed by atoms with Crippen LogP contribution in [0.3, 0.4) is 0 Å². The van der Waals surface area contributed by atoms with Gasteiger partial charge in [0.1, 0.15) is 0 Å². The number of nitrogens with zero attached hydrogens (tertiary/aromatic N) is 3. The van der Waals surface area contributed by atoms with Gasteiger partial charge in [-0.1, -0.05) is 29.8 Å². The summed E-state index contributed by atoms with van der Waals surface area (Å²) in [4.78, 5) is 26.4. The lowest BCUT2D eigenvalue weighted by molar-refractivity contribution is -0.129. The van der Waals surface area contributed by atoms with Crippen LogP contribution in [-0.4, -0.2) is 39.6 Å². The van der Waals surface area contributed by atoms with E-state index in [1.54, 1.807) is 4.90 Å². The van der Waals surface area contributed by atoms with E-state index in [4.69, 9.17) is 0 Å². The van der Waals surface area contributed by atoms with E-state index < -0.39 is 0 Å². The van der Waals surface area contributed by atoms with Crippen LogP contribution in [0.15, 0.2) is 30.3 Å². The first-order valence-electron chi connectivity index (χ1n) is 9.54. The lowest BCUT2D eigenvalue weighted by atomic mass is 10.1. The second kappa shape index (κ2) is 8.37. The second-order valence-electron chi connectivity index (χ2n) is 7.46. The molecule has 1 atom stereocenters. The van der Waals surface area contributed by atoms with Crippen LogP contribution in [0, 0.1) is 26.7 Å². The number of carbonyl (C=O) groups is 2. The summed E-state index contributed by atoms with van der Waals surface area (Å²) in [7, 11) is 0. The van der Waals surface area contributed by atoms with Crippen molar-refractivity contribution in [3.63, 3.8) is 0 Å². The highest BCUT2D eigenvalue weighted by Crippen LogP contribution is 2.20. The van der Waals surface area contributed by atoms with Gasteiger partial charge in [0.05, 0.1) is 11.6 Å². The molecular formula is C21H28N4O2. The third-order valence-corrected chi connectivity index (χ3v) is 5.03. The van der Waals surface area contributed by atoms with Crippen molar-refractivity contribution in [2.45, 2.75) is 46.7 Å². The number of aryl methyl sites for hydroxylation is 4. The van der Waals surface area contributed by atoms with E-state index in [2.05, 4.69) is 10.4 Å². The van der Waals surface area contributed by atoms with Crippen LogP contribution in [0.4, 0.5) is 0 Å². The molecule has 0 bridgehead atoms. The Morgan fingerprint density at radius 2 is 1.96 bits per heavy atom. The van der Waals surface area contributed by atoms with E-state index in [1.165, 1.54) is 5.56 Å². The normalized spacial score (nSPS) is 16.8. The highest BCUT2D eigenvalue weighted by atomic mass is 16.2. The third kappa shape index (κ3) is 4.96. The predicted octanol–water partition coefficient (Wildman–Crippen LogP) is 2.36. The van der Waals surface area contributed by atoms with Crippen molar-refractivity contribution in [2.24, 2.45) is 5.92 Å². The minimum absolute atomic E-state index is 0.0249. The summed E-state index contributed by atoms with van der Waals surface area (Å²) in [6.45, 7) is 8.50. The summed E-state index contributed by atoms with van der Waals surface area (Å²) in [6, 6.07) is 10.2. The number of hydrogen-bond donors (Lipinski definition) is 1. The average Bonchev–Trinajstić information content (AvgIpc) is 3.15. The van der Waals surface area contributed by atoms with E-state index in [1.807, 2.05) is 55.8 Å². The standard InChI is InChI=1S/C21H28N4O2/c1-15-5-7-18(8-6-15)13-24-14-19(12-20(24)26)21(27)22-9-4-10-25-17(3)11-16(2)23-25/h5-8,11,19H,4,9-10,12-14H2,1-3H3,(H,22,27)/t19-/m0/s1. The SMILES string of the molecule is Cc1ccc(CN2C[C@@H](C(=O)NCCCn3nc(C)cc3C)CC2=O)cc1. The molecule has 2 heterocycles. The first-order valence-corrected chi connectivity index (χ1v) is 9.54. The molecule has 0 saturated carbocycles. The monoisotopic (exact) mass is 368 g/mol. The molecule has 1 aliphatic rings. The summed E-state index contributed by atoms with van der Waals surface area (Å²) < 4.78 is 1.96. The van der Waals surface area contributed by atoms with Crippen molar-refractivity contribution in [3.8, 4) is 0 Å². The Labute approximate surface area is 160 Å². The van der Waals surface area contributed by atoms with Crippen LogP contribution in [0.5, 0.6) is 0 Å². The van der Waals surface area contributed by atoms with Gasteiger partial charge in [-0.2, -0.15) is 5.10 Å². The second-order valence-corrected chi connectivity index (χ2v) is 7.46. The Balaban J connectivity index is 1.43. The van der Waals surface area contributed by atoms with Gasteiger partial charge in [-0.15, -0.1) is 0 Å². The van der Waals surface area contributed by atoms with Gasteiger partial charge in [0.25, 0.3) is 0 Å². The minimum atomic E-state index is -0.253. The maximum atomic E-state index is 12.4. The number of benzene rings is 1. The Hall–Kier alpha value is -2.63. The van der Waals surface area contributed by atoms with Crippen LogP contribution in [-0.2, 0) is 22.7 Å². The molecule has 2 aromatic rings. The van der Waals surface area contributed by atoms with Crippen molar-refractivity contribution < 1.29 is 9.59 Å². The molecule has 0 radical (unpaired) electrons. The zero-order chi connectivity index (χ0) is 19.4. The smallest absolute Gasteiger partial charge is 0.225 e. The highest BCUT2D eigenvalue weighted by Gasteiger charge is 2.33. The van der Waals surface area contributed by atoms with Gasteiger partial charge >= 0.3 is 0 Å². The van der Waals surface area contributed by atoms with Gasteiger partial charge < -0.3 is 10.2 Å². The van der Waals surface area contributed by atoms with Crippen molar-refractivity contribution >= 4 is 11.8 Å². The van der Waals surface area contributed by atoms with E-state index in [9.17, 15) is 9.59 Å². The number of carbonyl (C=O) groups excluding carboxylic acids is 2. The summed E-state index contributed by atoms with van der Waals surface area (Å²) in [5.41, 5.74) is 4.44. The topological polar surface area (TPSA) is 67.2 Å². The molecule has 0 unspecified atom stereocenters. The Kier molecular flexibility index (Phi) is 5.94. The third-order valence-electron chi connectivity index (χ3n) is 5.03. The maximum absolute atomic E-state index is 12.4. The fourth-order valence-electron chi connectivity index (χ4n) is 3.50. The minimum Gasteiger partial charge on any atom is -0.356 e. The number of hydrogen-bond acceptors (Lipinski definition) is 3. The van der Waals surface area contributed by atoms with E-state index >= 15 is 0 Å². The largest absolute Gasteiger partial charge is 0.356 e. The molecule has 0 aliphatic carbocycles. The lowest BCUT2D eigenvalue weighted by Crippen LogP contribution is -2.33. The molecule has 1 N–H and O–H groups in total. The summed E-state index contributed by atoms with van der Waals surface area (Å²) >= 11 is 0. The number of amides is 2. The number of rotatable bonds is 7. The molecule has 2 amide bonds. The van der Waals surface area contributed by atoms with Crippen LogP contribution in [0.2, 0.25) is 0 Å². The van der Waals surface area contributed by atoms with Crippen molar-refractivity contribution in [3.05, 3.63) is 52.8 Å². The van der Waals surface area contributed by atoms with Gasteiger partial charge in [-0.25, -0.2) is 0 Å². The first kappa shape index (κ1) is 19.1. The van der Waals surface area contributed by atoms with Crippen LogP contribution < -0.4 is 5.32 Å². The maximum Gasteiger partial charge on any atom is 0.225 e. The Morgan fingerprint density at radius 3 is 2.63 bits per heavy atom. The molecule has 1 fully saturated rings. The molecule has 1 aromatic heterocycles. The summed E-state index contributed by atoms with van der Waals surface area (Å²) in [5, 5.41) is 7.40. The van der Waals surface area contributed by atoms with E-state index in [-0.39, 0.29) is 17.7 Å². The number of aromatic nitrogens is 2. The molecule has 27 heavy (non-hydrogen) atoms. The van der Waals surface area contributed by atoms with Crippen LogP contribution >= 0.6 is 0 Å². The molecule has 0 spiro atoms. The molecular weight excluding hydrogens is 340 g/mol. The molecule has 6 nitrogen and oxygen atoms in total. The molecule has 1 saturated heterocycles. The zero-order valence-electron chi connectivity index (χ0n) is 16.4. The summed E-state index contributed by atoms with van der Waals surface area (Å²) in [5.74, 6) is -0.224. The van der Waals surface area contributed by atoms with Crippen LogP contribution in [0.25, 0.3) is 0 Å².